The normalized spacial score (nSPS) is 13.6. The Morgan fingerprint density at radius 2 is 2.07 bits per heavy atom. The van der Waals surface area contributed by atoms with E-state index in [1.54, 1.807) is 12.1 Å². The lowest BCUT2D eigenvalue weighted by atomic mass is 9.99. The topological polar surface area (TPSA) is 95.1 Å². The Hall–Kier alpha value is -2.36. The van der Waals surface area contributed by atoms with Crippen LogP contribution in [0.15, 0.2) is 42.6 Å². The highest BCUT2D eigenvalue weighted by molar-refractivity contribution is 7.18. The molecule has 1 aromatic carbocycles. The Morgan fingerprint density at radius 1 is 1.37 bits per heavy atom. The van der Waals surface area contributed by atoms with E-state index < -0.39 is 23.7 Å². The Morgan fingerprint density at radius 3 is 2.67 bits per heavy atom. The van der Waals surface area contributed by atoms with Crippen molar-refractivity contribution in [3.63, 3.8) is 0 Å². The number of rotatable bonds is 8. The maximum Gasteiger partial charge on any atom is 0.416 e. The summed E-state index contributed by atoms with van der Waals surface area (Å²) in [5, 5.41) is 2.70. The molecule has 10 heteroatoms. The average molecular weight is 460 g/mol. The van der Waals surface area contributed by atoms with Crippen LogP contribution in [0.5, 0.6) is 0 Å². The molecule has 0 radical (unpaired) electrons. The highest BCUT2D eigenvalue weighted by Gasteiger charge is 2.33. The summed E-state index contributed by atoms with van der Waals surface area (Å²) in [6, 6.07) is 6.18. The number of alkyl halides is 3. The van der Waals surface area contributed by atoms with Crippen LogP contribution in [0.1, 0.15) is 33.3 Å². The van der Waals surface area contributed by atoms with Gasteiger partial charge in [0.2, 0.25) is 5.71 Å². The number of carbonyl (C=O) groups is 1. The van der Waals surface area contributed by atoms with Gasteiger partial charge in [-0.05, 0) is 31.0 Å². The van der Waals surface area contributed by atoms with E-state index in [2.05, 4.69) is 10.3 Å². The largest absolute Gasteiger partial charge is 0.416 e. The Bertz CT molecular complexity index is 940. The fraction of sp³-hybridized carbons (Fsp3) is 0.300. The zero-order valence-electron chi connectivity index (χ0n) is 16.2. The van der Waals surface area contributed by atoms with Gasteiger partial charge in [0.15, 0.2) is 0 Å². The Balaban J connectivity index is 2.21. The molecule has 162 valence electrons. The number of halogens is 4. The minimum Gasteiger partial charge on any atom is -0.404 e. The van der Waals surface area contributed by atoms with Gasteiger partial charge in [-0.15, -0.1) is 11.3 Å². The van der Waals surface area contributed by atoms with Crippen LogP contribution in [-0.2, 0) is 12.6 Å². The van der Waals surface area contributed by atoms with Crippen LogP contribution < -0.4 is 21.8 Å². The molecule has 0 unspecified atom stereocenters. The lowest BCUT2D eigenvalue weighted by molar-refractivity contribution is -0.450. The van der Waals surface area contributed by atoms with Gasteiger partial charge in [-0.2, -0.15) is 13.2 Å². The molecule has 0 aliphatic heterocycles. The highest BCUT2D eigenvalue weighted by Crippen LogP contribution is 2.32. The first-order valence-electron chi connectivity index (χ1n) is 9.16. The number of hydrogen-bond acceptors (Lipinski definition) is 4. The monoisotopic (exact) mass is 459 g/mol. The van der Waals surface area contributed by atoms with Gasteiger partial charge < -0.3 is 16.8 Å². The maximum absolute atomic E-state index is 13.2. The standard InChI is InChI=1S/C20H22ClF3N4OS/c1-2-27-16(7-8-25)14-10-17(30-18(14)21)19(29)28-13(11-26)9-12-5-3-4-6-15(12)20(22,23)24/h3-8,10,13H,2,9,11,25-26H2,1H3,(H,28,29)/p+1/t13-/m0/s1. The molecular formula is C20H23ClF3N4OS+. The first kappa shape index (κ1) is 23.9. The van der Waals surface area contributed by atoms with Crippen molar-refractivity contribution in [3.8, 4) is 0 Å². The van der Waals surface area contributed by atoms with Crippen LogP contribution >= 0.6 is 22.9 Å². The minimum absolute atomic E-state index is 0.0193. The van der Waals surface area contributed by atoms with Gasteiger partial charge in [0.25, 0.3) is 5.91 Å². The zero-order valence-corrected chi connectivity index (χ0v) is 17.8. The predicted octanol–water partition coefficient (Wildman–Crippen LogP) is 2.08. The van der Waals surface area contributed by atoms with Gasteiger partial charge in [0, 0.05) is 24.9 Å². The zero-order chi connectivity index (χ0) is 22.3. The van der Waals surface area contributed by atoms with Gasteiger partial charge in [0.05, 0.1) is 16.0 Å². The molecule has 0 saturated heterocycles. The number of amides is 1. The van der Waals surface area contributed by atoms with Gasteiger partial charge in [-0.3, -0.25) is 4.79 Å². The number of hydrogen-bond donors (Lipinski definition) is 4. The van der Waals surface area contributed by atoms with E-state index >= 15 is 0 Å². The molecule has 0 fully saturated rings. The van der Waals surface area contributed by atoms with Crippen molar-refractivity contribution in [3.05, 3.63) is 68.5 Å². The lowest BCUT2D eigenvalue weighted by Crippen LogP contribution is -2.72. The fourth-order valence-corrected chi connectivity index (χ4v) is 4.09. The van der Waals surface area contributed by atoms with Crippen LogP contribution in [0.2, 0.25) is 4.34 Å². The van der Waals surface area contributed by atoms with E-state index in [0.29, 0.717) is 27.0 Å². The van der Waals surface area contributed by atoms with Crippen LogP contribution in [0, 0.1) is 0 Å². The third kappa shape index (κ3) is 6.07. The minimum atomic E-state index is -4.48. The Kier molecular flexibility index (Phi) is 8.45. The summed E-state index contributed by atoms with van der Waals surface area (Å²) in [5.41, 5.74) is 11.8. The number of nitrogens with two attached hydrogens (primary N) is 2. The second-order valence-corrected chi connectivity index (χ2v) is 8.02. The fourth-order valence-electron chi connectivity index (χ4n) is 2.89. The molecule has 0 saturated carbocycles. The molecule has 0 aliphatic carbocycles. The second-order valence-electron chi connectivity index (χ2n) is 6.37. The third-order valence-electron chi connectivity index (χ3n) is 4.24. The molecule has 5 nitrogen and oxygen atoms in total. The molecule has 1 amide bonds. The summed E-state index contributed by atoms with van der Waals surface area (Å²) in [6.07, 6.45) is -1.54. The number of nitrogens with one attached hydrogen (secondary N) is 2. The molecule has 0 spiro atoms. The summed E-state index contributed by atoms with van der Waals surface area (Å²) in [5.74, 6) is -0.458. The maximum atomic E-state index is 13.2. The van der Waals surface area contributed by atoms with Crippen LogP contribution in [0.4, 0.5) is 13.2 Å². The SMILES string of the molecule is CC[NH+]=C(C=CN)c1cc(C(=O)N[C@H](CN)Cc2ccccc2C(F)(F)F)sc1Cl. The van der Waals surface area contributed by atoms with E-state index in [1.807, 2.05) is 6.92 Å². The number of benzene rings is 1. The van der Waals surface area contributed by atoms with Crippen molar-refractivity contribution >= 4 is 34.6 Å². The molecule has 1 atom stereocenters. The van der Waals surface area contributed by atoms with Crippen molar-refractivity contribution in [1.29, 1.82) is 0 Å². The average Bonchev–Trinajstić information content (AvgIpc) is 3.08. The quantitative estimate of drug-likeness (QED) is 0.455. The second kappa shape index (κ2) is 10.6. The molecular weight excluding hydrogens is 437 g/mol. The van der Waals surface area contributed by atoms with E-state index in [0.717, 1.165) is 17.4 Å². The van der Waals surface area contributed by atoms with Crippen molar-refractivity contribution in [2.45, 2.75) is 25.6 Å². The van der Waals surface area contributed by atoms with Crippen LogP contribution in [-0.4, -0.2) is 30.8 Å². The highest BCUT2D eigenvalue weighted by atomic mass is 35.5. The Labute approximate surface area is 181 Å². The summed E-state index contributed by atoms with van der Waals surface area (Å²) >= 11 is 7.35. The van der Waals surface area contributed by atoms with E-state index in [-0.39, 0.29) is 18.5 Å². The van der Waals surface area contributed by atoms with Gasteiger partial charge in [-0.1, -0.05) is 29.8 Å². The third-order valence-corrected chi connectivity index (χ3v) is 5.60. The molecule has 2 rings (SSSR count). The lowest BCUT2D eigenvalue weighted by Gasteiger charge is -2.19. The molecule has 1 heterocycles. The molecule has 2 aromatic rings. The van der Waals surface area contributed by atoms with Crippen molar-refractivity contribution < 1.29 is 23.0 Å². The summed E-state index contributed by atoms with van der Waals surface area (Å²) in [6.45, 7) is 2.51. The smallest absolute Gasteiger partial charge is 0.404 e. The van der Waals surface area contributed by atoms with Crippen LogP contribution in [0.25, 0.3) is 0 Å². The summed E-state index contributed by atoms with van der Waals surface area (Å²) in [4.78, 5) is 16.1. The first-order valence-corrected chi connectivity index (χ1v) is 10.4. The van der Waals surface area contributed by atoms with E-state index in [1.165, 1.54) is 24.4 Å². The number of carbonyl (C=O) groups excluding carboxylic acids is 1. The molecule has 1 aromatic heterocycles. The van der Waals surface area contributed by atoms with Crippen LogP contribution in [0.3, 0.4) is 0 Å². The molecule has 0 bridgehead atoms. The predicted molar refractivity (Wildman–Crippen MR) is 114 cm³/mol. The van der Waals surface area contributed by atoms with Crippen molar-refractivity contribution in [2.24, 2.45) is 11.5 Å². The molecule has 30 heavy (non-hydrogen) atoms. The molecule has 6 N–H and O–H groups in total. The van der Waals surface area contributed by atoms with Gasteiger partial charge in [-0.25, -0.2) is 4.99 Å². The van der Waals surface area contributed by atoms with Crippen molar-refractivity contribution in [2.75, 3.05) is 13.1 Å². The van der Waals surface area contributed by atoms with E-state index in [4.69, 9.17) is 23.1 Å². The number of thiophene rings is 1. The summed E-state index contributed by atoms with van der Waals surface area (Å²) < 4.78 is 40.1. The van der Waals surface area contributed by atoms with E-state index in [9.17, 15) is 18.0 Å². The van der Waals surface area contributed by atoms with Gasteiger partial charge in [0.1, 0.15) is 10.9 Å². The van der Waals surface area contributed by atoms with Gasteiger partial charge >= 0.3 is 6.18 Å². The first-order chi connectivity index (χ1) is 14.2. The van der Waals surface area contributed by atoms with Crippen molar-refractivity contribution in [1.82, 2.24) is 5.32 Å². The summed E-state index contributed by atoms with van der Waals surface area (Å²) in [7, 11) is 0. The number of allylic oxidation sites excluding steroid dienone is 1. The molecule has 0 aliphatic rings.